The number of benzene rings is 1. The zero-order chi connectivity index (χ0) is 13.7. The number of nitrogens with zero attached hydrogens (tertiary/aromatic N) is 1. The molecule has 0 saturated heterocycles. The van der Waals surface area contributed by atoms with Crippen molar-refractivity contribution in [2.45, 2.75) is 12.2 Å². The highest BCUT2D eigenvalue weighted by molar-refractivity contribution is 7.90. The standard InChI is InChI=1S/C13H15NO4S/c15-7-4-8-19(16,17)10-12-9-13(14-18-12)11-5-2-1-3-6-11/h1-3,5-6,9,15H,4,7-8,10H2. The summed E-state index contributed by atoms with van der Waals surface area (Å²) in [6.07, 6.45) is 0.238. The monoisotopic (exact) mass is 281 g/mol. The fraction of sp³-hybridized carbons (Fsp3) is 0.308. The van der Waals surface area contributed by atoms with E-state index in [1.807, 2.05) is 30.3 Å². The van der Waals surface area contributed by atoms with Crippen LogP contribution in [0.15, 0.2) is 40.9 Å². The maximum atomic E-state index is 11.7. The first-order valence-electron chi connectivity index (χ1n) is 5.93. The fourth-order valence-electron chi connectivity index (χ4n) is 1.70. The molecule has 5 nitrogen and oxygen atoms in total. The Kier molecular flexibility index (Phi) is 4.34. The highest BCUT2D eigenvalue weighted by atomic mass is 32.2. The minimum Gasteiger partial charge on any atom is -0.396 e. The molecular weight excluding hydrogens is 266 g/mol. The van der Waals surface area contributed by atoms with E-state index >= 15 is 0 Å². The van der Waals surface area contributed by atoms with Crippen LogP contribution in [0.2, 0.25) is 0 Å². The number of aliphatic hydroxyl groups excluding tert-OH is 1. The molecular formula is C13H15NO4S. The summed E-state index contributed by atoms with van der Waals surface area (Å²) < 4.78 is 28.5. The van der Waals surface area contributed by atoms with Gasteiger partial charge in [-0.2, -0.15) is 0 Å². The minimum atomic E-state index is -3.26. The van der Waals surface area contributed by atoms with Gasteiger partial charge in [0.2, 0.25) is 0 Å². The van der Waals surface area contributed by atoms with E-state index in [1.165, 1.54) is 0 Å². The van der Waals surface area contributed by atoms with Gasteiger partial charge in [-0.15, -0.1) is 0 Å². The summed E-state index contributed by atoms with van der Waals surface area (Å²) >= 11 is 0. The van der Waals surface area contributed by atoms with Gasteiger partial charge in [0.05, 0.1) is 5.75 Å². The predicted octanol–water partition coefficient (Wildman–Crippen LogP) is 1.64. The Bertz CT molecular complexity index is 619. The van der Waals surface area contributed by atoms with Crippen LogP contribution in [-0.4, -0.2) is 31.0 Å². The first-order valence-corrected chi connectivity index (χ1v) is 7.75. The van der Waals surface area contributed by atoms with Crippen LogP contribution in [0.25, 0.3) is 11.3 Å². The van der Waals surface area contributed by atoms with E-state index in [4.69, 9.17) is 9.63 Å². The number of hydrogen-bond acceptors (Lipinski definition) is 5. The molecule has 0 aliphatic rings. The Morgan fingerprint density at radius 3 is 2.63 bits per heavy atom. The average molecular weight is 281 g/mol. The van der Waals surface area contributed by atoms with E-state index < -0.39 is 9.84 Å². The van der Waals surface area contributed by atoms with Crippen molar-refractivity contribution >= 4 is 9.84 Å². The van der Waals surface area contributed by atoms with Crippen molar-refractivity contribution in [1.29, 1.82) is 0 Å². The van der Waals surface area contributed by atoms with Gasteiger partial charge in [-0.05, 0) is 6.42 Å². The molecule has 0 radical (unpaired) electrons. The third-order valence-corrected chi connectivity index (χ3v) is 4.24. The molecule has 0 unspecified atom stereocenters. The van der Waals surface area contributed by atoms with Crippen molar-refractivity contribution in [3.05, 3.63) is 42.2 Å². The zero-order valence-electron chi connectivity index (χ0n) is 10.3. The van der Waals surface area contributed by atoms with Crippen LogP contribution >= 0.6 is 0 Å². The topological polar surface area (TPSA) is 80.4 Å². The summed E-state index contributed by atoms with van der Waals surface area (Å²) in [6, 6.07) is 11.0. The van der Waals surface area contributed by atoms with E-state index in [2.05, 4.69) is 5.16 Å². The van der Waals surface area contributed by atoms with Crippen LogP contribution in [0, 0.1) is 0 Å². The molecule has 0 atom stereocenters. The van der Waals surface area contributed by atoms with Gasteiger partial charge >= 0.3 is 0 Å². The van der Waals surface area contributed by atoms with Crippen molar-refractivity contribution in [2.75, 3.05) is 12.4 Å². The van der Waals surface area contributed by atoms with Crippen molar-refractivity contribution in [2.24, 2.45) is 0 Å². The molecule has 1 aromatic heterocycles. The zero-order valence-corrected chi connectivity index (χ0v) is 11.1. The highest BCUT2D eigenvalue weighted by Crippen LogP contribution is 2.19. The lowest BCUT2D eigenvalue weighted by atomic mass is 10.1. The van der Waals surface area contributed by atoms with Crippen molar-refractivity contribution in [1.82, 2.24) is 5.16 Å². The molecule has 1 heterocycles. The smallest absolute Gasteiger partial charge is 0.157 e. The molecule has 19 heavy (non-hydrogen) atoms. The molecule has 102 valence electrons. The summed E-state index contributed by atoms with van der Waals surface area (Å²) in [5.41, 5.74) is 1.50. The molecule has 0 fully saturated rings. The van der Waals surface area contributed by atoms with Crippen LogP contribution in [0.5, 0.6) is 0 Å². The molecule has 0 saturated carbocycles. The first kappa shape index (κ1) is 13.8. The summed E-state index contributed by atoms with van der Waals surface area (Å²) in [4.78, 5) is 0. The second-order valence-corrected chi connectivity index (χ2v) is 6.40. The quantitative estimate of drug-likeness (QED) is 0.870. The molecule has 0 aliphatic carbocycles. The van der Waals surface area contributed by atoms with E-state index in [0.717, 1.165) is 5.56 Å². The van der Waals surface area contributed by atoms with Gasteiger partial charge in [0.15, 0.2) is 15.6 Å². The second kappa shape index (κ2) is 5.99. The molecule has 0 amide bonds. The summed E-state index contributed by atoms with van der Waals surface area (Å²) in [7, 11) is -3.26. The van der Waals surface area contributed by atoms with E-state index in [1.54, 1.807) is 6.07 Å². The van der Waals surface area contributed by atoms with E-state index in [0.29, 0.717) is 11.5 Å². The molecule has 2 rings (SSSR count). The lowest BCUT2D eigenvalue weighted by Gasteiger charge is -1.99. The van der Waals surface area contributed by atoms with Gasteiger partial charge in [-0.25, -0.2) is 8.42 Å². The molecule has 1 aromatic carbocycles. The Balaban J connectivity index is 2.10. The number of hydrogen-bond donors (Lipinski definition) is 1. The van der Waals surface area contributed by atoms with Crippen molar-refractivity contribution < 1.29 is 18.0 Å². The number of rotatable bonds is 6. The van der Waals surface area contributed by atoms with Gasteiger partial charge < -0.3 is 9.63 Å². The van der Waals surface area contributed by atoms with Gasteiger partial charge in [0, 0.05) is 18.2 Å². The highest BCUT2D eigenvalue weighted by Gasteiger charge is 2.16. The summed E-state index contributed by atoms with van der Waals surface area (Å²) in [5, 5.41) is 12.5. The lowest BCUT2D eigenvalue weighted by molar-refractivity contribution is 0.295. The predicted molar refractivity (Wildman–Crippen MR) is 71.1 cm³/mol. The minimum absolute atomic E-state index is 0.0507. The summed E-state index contributed by atoms with van der Waals surface area (Å²) in [5.74, 6) is 0.0781. The molecule has 0 spiro atoms. The molecule has 6 heteroatoms. The van der Waals surface area contributed by atoms with Crippen LogP contribution in [0.3, 0.4) is 0 Å². The van der Waals surface area contributed by atoms with Crippen LogP contribution < -0.4 is 0 Å². The number of aliphatic hydroxyl groups is 1. The third-order valence-electron chi connectivity index (χ3n) is 2.60. The summed E-state index contributed by atoms with van der Waals surface area (Å²) in [6.45, 7) is -0.134. The number of aromatic nitrogens is 1. The van der Waals surface area contributed by atoms with Gasteiger partial charge in [0.1, 0.15) is 11.4 Å². The van der Waals surface area contributed by atoms with Gasteiger partial charge in [-0.3, -0.25) is 0 Å². The first-order chi connectivity index (χ1) is 9.11. The van der Waals surface area contributed by atoms with Gasteiger partial charge in [0.25, 0.3) is 0 Å². The molecule has 1 N–H and O–H groups in total. The Labute approximate surface area is 111 Å². The average Bonchev–Trinajstić information content (AvgIpc) is 2.85. The second-order valence-electron chi connectivity index (χ2n) is 4.21. The molecule has 0 bridgehead atoms. The van der Waals surface area contributed by atoms with Crippen LogP contribution in [-0.2, 0) is 15.6 Å². The largest absolute Gasteiger partial charge is 0.396 e. The Hall–Kier alpha value is -1.66. The fourth-order valence-corrected chi connectivity index (χ4v) is 2.98. The maximum Gasteiger partial charge on any atom is 0.157 e. The lowest BCUT2D eigenvalue weighted by Crippen LogP contribution is -2.10. The number of sulfone groups is 1. The normalized spacial score (nSPS) is 11.6. The Morgan fingerprint density at radius 1 is 1.21 bits per heavy atom. The Morgan fingerprint density at radius 2 is 1.95 bits per heavy atom. The van der Waals surface area contributed by atoms with Gasteiger partial charge in [-0.1, -0.05) is 35.5 Å². The van der Waals surface area contributed by atoms with Crippen LogP contribution in [0.1, 0.15) is 12.2 Å². The van der Waals surface area contributed by atoms with Crippen LogP contribution in [0.4, 0.5) is 0 Å². The van der Waals surface area contributed by atoms with Crippen molar-refractivity contribution in [3.8, 4) is 11.3 Å². The van der Waals surface area contributed by atoms with Crippen molar-refractivity contribution in [3.63, 3.8) is 0 Å². The molecule has 0 aliphatic heterocycles. The van der Waals surface area contributed by atoms with E-state index in [9.17, 15) is 8.42 Å². The maximum absolute atomic E-state index is 11.7. The SMILES string of the molecule is O=S(=O)(CCCO)Cc1cc(-c2ccccc2)no1. The molecule has 2 aromatic rings. The third kappa shape index (κ3) is 3.90. The van der Waals surface area contributed by atoms with E-state index in [-0.39, 0.29) is 24.5 Å².